The molecule has 148 valence electrons. The fraction of sp³-hybridized carbons (Fsp3) is 0.200. The number of fused-ring (bicyclic) bond motifs is 1. The molecule has 3 aromatic heterocycles. The third-order valence-corrected chi connectivity index (χ3v) is 5.09. The first-order valence-electron chi connectivity index (χ1n) is 9.15. The van der Waals surface area contributed by atoms with E-state index in [1.54, 1.807) is 17.5 Å². The van der Waals surface area contributed by atoms with Crippen molar-refractivity contribution in [3.05, 3.63) is 65.8 Å². The molecule has 4 rings (SSSR count). The monoisotopic (exact) mass is 409 g/mol. The van der Waals surface area contributed by atoms with E-state index in [1.807, 2.05) is 30.6 Å². The van der Waals surface area contributed by atoms with Crippen molar-refractivity contribution in [2.24, 2.45) is 0 Å². The first-order valence-corrected chi connectivity index (χ1v) is 10.0. The minimum absolute atomic E-state index is 0.102. The van der Waals surface area contributed by atoms with Crippen molar-refractivity contribution in [2.45, 2.75) is 19.4 Å². The zero-order valence-electron chi connectivity index (χ0n) is 15.5. The van der Waals surface area contributed by atoms with Crippen LogP contribution in [0.2, 0.25) is 0 Å². The van der Waals surface area contributed by atoms with Gasteiger partial charge >= 0.3 is 0 Å². The summed E-state index contributed by atoms with van der Waals surface area (Å²) >= 11 is 1.27. The van der Waals surface area contributed by atoms with Gasteiger partial charge in [0, 0.05) is 18.5 Å². The number of aryl methyl sites for hydroxylation is 1. The highest BCUT2D eigenvalue weighted by Gasteiger charge is 2.12. The minimum Gasteiger partial charge on any atom is -0.459 e. The molecule has 2 N–H and O–H groups in total. The first kappa shape index (κ1) is 18.9. The number of carbonyl (C=O) groups excluding carboxylic acids is 2. The molecule has 0 aliphatic carbocycles. The Bertz CT molecular complexity index is 1120. The Labute approximate surface area is 170 Å². The fourth-order valence-corrected chi connectivity index (χ4v) is 3.61. The Morgan fingerprint density at radius 3 is 2.93 bits per heavy atom. The molecule has 1 aromatic carbocycles. The van der Waals surface area contributed by atoms with Gasteiger partial charge in [-0.25, -0.2) is 9.97 Å². The third-order valence-electron chi connectivity index (χ3n) is 4.28. The number of furan rings is 1. The molecule has 0 radical (unpaired) electrons. The van der Waals surface area contributed by atoms with Crippen LogP contribution in [0.25, 0.3) is 11.0 Å². The molecule has 8 nitrogen and oxygen atoms in total. The van der Waals surface area contributed by atoms with Crippen molar-refractivity contribution < 1.29 is 14.0 Å². The number of nitrogens with one attached hydrogen (secondary N) is 2. The van der Waals surface area contributed by atoms with E-state index < -0.39 is 0 Å². The number of hydrogen-bond acceptors (Lipinski definition) is 6. The van der Waals surface area contributed by atoms with Gasteiger partial charge in [0.25, 0.3) is 5.91 Å². The van der Waals surface area contributed by atoms with E-state index in [-0.39, 0.29) is 24.0 Å². The second-order valence-electron chi connectivity index (χ2n) is 6.38. The van der Waals surface area contributed by atoms with Gasteiger partial charge in [0.15, 0.2) is 10.9 Å². The largest absolute Gasteiger partial charge is 0.459 e. The number of aromatic nitrogens is 3. The molecule has 2 amide bonds. The molecule has 0 saturated heterocycles. The molecule has 0 aliphatic rings. The van der Waals surface area contributed by atoms with Gasteiger partial charge in [-0.2, -0.15) is 0 Å². The van der Waals surface area contributed by atoms with Crippen molar-refractivity contribution in [2.75, 3.05) is 11.9 Å². The van der Waals surface area contributed by atoms with Crippen LogP contribution in [0, 0.1) is 0 Å². The summed E-state index contributed by atoms with van der Waals surface area (Å²) in [5.74, 6) is -0.257. The highest BCUT2D eigenvalue weighted by Crippen LogP contribution is 2.17. The predicted octanol–water partition coefficient (Wildman–Crippen LogP) is 3.09. The molecule has 0 aliphatic heterocycles. The first-order chi connectivity index (χ1) is 14.2. The summed E-state index contributed by atoms with van der Waals surface area (Å²) < 4.78 is 7.12. The van der Waals surface area contributed by atoms with Gasteiger partial charge in [0.05, 0.1) is 35.7 Å². The average Bonchev–Trinajstić information content (AvgIpc) is 3.47. The molecule has 4 aromatic rings. The third kappa shape index (κ3) is 4.69. The second kappa shape index (κ2) is 8.70. The summed E-state index contributed by atoms with van der Waals surface area (Å²) in [6, 6.07) is 11.2. The smallest absolute Gasteiger partial charge is 0.293 e. The second-order valence-corrected chi connectivity index (χ2v) is 7.24. The number of para-hydroxylation sites is 2. The molecule has 0 saturated carbocycles. The van der Waals surface area contributed by atoms with E-state index in [9.17, 15) is 9.59 Å². The van der Waals surface area contributed by atoms with Gasteiger partial charge in [-0.05, 0) is 30.7 Å². The maximum absolute atomic E-state index is 12.1. The van der Waals surface area contributed by atoms with Crippen molar-refractivity contribution in [3.8, 4) is 0 Å². The molecule has 0 spiro atoms. The Balaban J connectivity index is 1.21. The highest BCUT2D eigenvalue weighted by atomic mass is 32.1. The molecule has 0 fully saturated rings. The molecular formula is C20H19N5O3S. The van der Waals surface area contributed by atoms with E-state index in [0.29, 0.717) is 17.4 Å². The number of anilines is 1. The molecule has 0 bridgehead atoms. The number of hydrogen-bond donors (Lipinski definition) is 2. The van der Waals surface area contributed by atoms with Crippen LogP contribution in [0.3, 0.4) is 0 Å². The van der Waals surface area contributed by atoms with E-state index in [2.05, 4.69) is 25.2 Å². The van der Waals surface area contributed by atoms with Crippen LogP contribution >= 0.6 is 11.3 Å². The topological polar surface area (TPSA) is 102 Å². The van der Waals surface area contributed by atoms with Crippen molar-refractivity contribution in [1.29, 1.82) is 0 Å². The average molecular weight is 409 g/mol. The number of amides is 2. The maximum atomic E-state index is 12.1. The van der Waals surface area contributed by atoms with E-state index in [1.165, 1.54) is 17.6 Å². The summed E-state index contributed by atoms with van der Waals surface area (Å²) in [6.07, 6.45) is 4.22. The number of imidazole rings is 1. The summed E-state index contributed by atoms with van der Waals surface area (Å²) in [7, 11) is 0. The molecule has 29 heavy (non-hydrogen) atoms. The van der Waals surface area contributed by atoms with Crippen LogP contribution < -0.4 is 10.6 Å². The Morgan fingerprint density at radius 1 is 1.17 bits per heavy atom. The van der Waals surface area contributed by atoms with Crippen LogP contribution in [0.1, 0.15) is 22.7 Å². The number of thiazole rings is 1. The minimum atomic E-state index is -0.368. The van der Waals surface area contributed by atoms with Gasteiger partial charge in [-0.1, -0.05) is 12.1 Å². The molecular weight excluding hydrogens is 390 g/mol. The molecule has 0 unspecified atom stereocenters. The lowest BCUT2D eigenvalue weighted by Crippen LogP contribution is -2.26. The Hall–Kier alpha value is -3.46. The van der Waals surface area contributed by atoms with Crippen LogP contribution in [0.5, 0.6) is 0 Å². The zero-order chi connectivity index (χ0) is 20.1. The van der Waals surface area contributed by atoms with Crippen molar-refractivity contribution >= 4 is 39.3 Å². The quantitative estimate of drug-likeness (QED) is 0.436. The van der Waals surface area contributed by atoms with Crippen LogP contribution in [0.15, 0.2) is 58.8 Å². The highest BCUT2D eigenvalue weighted by molar-refractivity contribution is 7.14. The van der Waals surface area contributed by atoms with Crippen molar-refractivity contribution in [1.82, 2.24) is 19.9 Å². The van der Waals surface area contributed by atoms with Gasteiger partial charge in [0.1, 0.15) is 0 Å². The van der Waals surface area contributed by atoms with Gasteiger partial charge < -0.3 is 14.3 Å². The van der Waals surface area contributed by atoms with E-state index in [4.69, 9.17) is 4.42 Å². The molecule has 9 heteroatoms. The Kier molecular flexibility index (Phi) is 5.66. The lowest BCUT2D eigenvalue weighted by molar-refractivity contribution is -0.120. The standard InChI is InChI=1S/C20H19N5O3S/c26-18(21-8-4-9-25-13-22-15-5-1-2-6-16(15)25)11-14-12-29-20(23-14)24-19(27)17-7-3-10-28-17/h1-3,5-7,10,12-13H,4,8-9,11H2,(H,21,26)(H,23,24,27). The molecule has 0 atom stereocenters. The molecule has 3 heterocycles. The predicted molar refractivity (Wildman–Crippen MR) is 110 cm³/mol. The van der Waals surface area contributed by atoms with Gasteiger partial charge in [0.2, 0.25) is 5.91 Å². The fourth-order valence-electron chi connectivity index (χ4n) is 2.90. The number of rotatable bonds is 8. The summed E-state index contributed by atoms with van der Waals surface area (Å²) in [5, 5.41) is 7.75. The SMILES string of the molecule is O=C(Cc1csc(NC(=O)c2ccco2)n1)NCCCn1cnc2ccccc21. The number of nitrogens with zero attached hydrogens (tertiary/aromatic N) is 3. The van der Waals surface area contributed by atoms with Crippen LogP contribution in [-0.4, -0.2) is 32.9 Å². The van der Waals surface area contributed by atoms with E-state index in [0.717, 1.165) is 24.0 Å². The zero-order valence-corrected chi connectivity index (χ0v) is 16.3. The van der Waals surface area contributed by atoms with Crippen LogP contribution in [0.4, 0.5) is 5.13 Å². The Morgan fingerprint density at radius 2 is 2.07 bits per heavy atom. The van der Waals surface area contributed by atoms with E-state index >= 15 is 0 Å². The summed E-state index contributed by atoms with van der Waals surface area (Å²) in [5.41, 5.74) is 2.67. The van der Waals surface area contributed by atoms with Crippen LogP contribution in [-0.2, 0) is 17.8 Å². The van der Waals surface area contributed by atoms with Crippen molar-refractivity contribution in [3.63, 3.8) is 0 Å². The maximum Gasteiger partial charge on any atom is 0.293 e. The summed E-state index contributed by atoms with van der Waals surface area (Å²) in [6.45, 7) is 1.35. The number of benzene rings is 1. The normalized spacial score (nSPS) is 10.9. The lowest BCUT2D eigenvalue weighted by atomic mass is 10.3. The summed E-state index contributed by atoms with van der Waals surface area (Å²) in [4.78, 5) is 32.7. The number of carbonyl (C=O) groups is 2. The lowest BCUT2D eigenvalue weighted by Gasteiger charge is -2.06. The van der Waals surface area contributed by atoms with Gasteiger partial charge in [-0.15, -0.1) is 11.3 Å². The van der Waals surface area contributed by atoms with Gasteiger partial charge in [-0.3, -0.25) is 14.9 Å².